The van der Waals surface area contributed by atoms with Gasteiger partial charge in [-0.3, -0.25) is 9.59 Å². The average molecular weight is 1060 g/mol. The maximum Gasteiger partial charge on any atom is 0.407 e. The number of aromatic nitrogens is 4. The monoisotopic (exact) mass is 1060 g/mol. The Balaban J connectivity index is 1.07. The predicted molar refractivity (Wildman–Crippen MR) is 274 cm³/mol. The van der Waals surface area contributed by atoms with Crippen LogP contribution in [0.2, 0.25) is 25.2 Å². The molecule has 0 radical (unpaired) electrons. The van der Waals surface area contributed by atoms with Gasteiger partial charge in [0.2, 0.25) is 11.8 Å². The lowest BCUT2D eigenvalue weighted by Crippen LogP contribution is -2.54. The number of likely N-dealkylation sites (tertiary alicyclic amines) is 2. The second kappa shape index (κ2) is 21.6. The highest BCUT2D eigenvalue weighted by atomic mass is 28.3. The number of hydrogen-bond acceptors (Lipinski definition) is 12. The van der Waals surface area contributed by atoms with E-state index in [1.54, 1.807) is 45.6 Å². The van der Waals surface area contributed by atoms with Crippen LogP contribution in [0.15, 0.2) is 36.4 Å². The fraction of sp³-hybridized carbons (Fsp3) is 0.538. The zero-order valence-corrected chi connectivity index (χ0v) is 44.5. The molecule has 3 aromatic carbocycles. The highest BCUT2D eigenvalue weighted by Gasteiger charge is 2.43. The average Bonchev–Trinajstić information content (AvgIpc) is 4.27. The van der Waals surface area contributed by atoms with Gasteiger partial charge in [0.15, 0.2) is 11.6 Å². The fourth-order valence-electron chi connectivity index (χ4n) is 11.5. The number of alkyl carbamates (subject to hydrolysis) is 2. The molecule has 4 amide bonds. The minimum Gasteiger partial charge on any atom is -0.453 e. The van der Waals surface area contributed by atoms with Crippen LogP contribution in [-0.2, 0) is 28.5 Å². The molecule has 4 fully saturated rings. The number of anilines is 2. The van der Waals surface area contributed by atoms with Crippen LogP contribution in [-0.4, -0.2) is 141 Å². The molecule has 5 aromatic rings. The zero-order chi connectivity index (χ0) is 53.6. The SMILES string of the molecule is COC(=O)N[C@H](C(=O)N1CCC[C@H]1c1nc2cc([C@H]3CC[C@H](c4cc5nc([C@@H]6CCCN6C(=O)[C@@H](NC(=O)OC)[C@@H](C)OC)[nH]c5cc4F)N3c3cc(F)c(N4CC[Si](C)(C)CC4)c(F)c3)c(F)cc2[nH]1)[C@@H](C)OC. The normalized spacial score (nSPS) is 22.4. The largest absolute Gasteiger partial charge is 0.453 e. The number of fused-ring (bicyclic) bond motifs is 2. The topological polar surface area (TPSA) is 200 Å². The summed E-state index contributed by atoms with van der Waals surface area (Å²) in [6.07, 6.45) is -0.161. The quantitative estimate of drug-likeness (QED) is 0.0612. The van der Waals surface area contributed by atoms with Gasteiger partial charge < -0.3 is 59.1 Å². The van der Waals surface area contributed by atoms with Crippen LogP contribution < -0.4 is 20.4 Å². The van der Waals surface area contributed by atoms with Crippen molar-refractivity contribution in [2.45, 2.75) is 126 Å². The minimum absolute atomic E-state index is 0.0958. The molecule has 0 saturated carbocycles. The molecule has 75 heavy (non-hydrogen) atoms. The molecular formula is C52H66F4N10O8Si. The molecule has 8 atom stereocenters. The summed E-state index contributed by atoms with van der Waals surface area (Å²) in [5.41, 5.74) is 1.77. The predicted octanol–water partition coefficient (Wildman–Crippen LogP) is 8.45. The Labute approximate surface area is 433 Å². The third-order valence-corrected chi connectivity index (χ3v) is 19.1. The summed E-state index contributed by atoms with van der Waals surface area (Å²) in [5, 5.41) is 5.15. The first-order chi connectivity index (χ1) is 35.8. The Morgan fingerprint density at radius 3 is 1.44 bits per heavy atom. The minimum atomic E-state index is -1.50. The molecule has 4 aliphatic rings. The van der Waals surface area contributed by atoms with Gasteiger partial charge in [-0.15, -0.1) is 0 Å². The number of imidazole rings is 2. The Kier molecular flexibility index (Phi) is 15.4. The van der Waals surface area contributed by atoms with Crippen molar-refractivity contribution in [1.82, 2.24) is 40.4 Å². The molecule has 404 valence electrons. The van der Waals surface area contributed by atoms with E-state index in [-0.39, 0.29) is 35.3 Å². The summed E-state index contributed by atoms with van der Waals surface area (Å²) in [7, 11) is 3.76. The molecule has 4 aliphatic heterocycles. The van der Waals surface area contributed by atoms with E-state index in [1.807, 2.05) is 0 Å². The molecule has 9 rings (SSSR count). The molecular weight excluding hydrogens is 997 g/mol. The first kappa shape index (κ1) is 53.4. The second-order valence-electron chi connectivity index (χ2n) is 20.9. The van der Waals surface area contributed by atoms with E-state index in [4.69, 9.17) is 28.9 Å². The van der Waals surface area contributed by atoms with E-state index < -0.39 is 104 Å². The zero-order valence-electron chi connectivity index (χ0n) is 43.5. The number of methoxy groups -OCH3 is 4. The van der Waals surface area contributed by atoms with Gasteiger partial charge in [0.25, 0.3) is 0 Å². The lowest BCUT2D eigenvalue weighted by molar-refractivity contribution is -0.138. The Hall–Kier alpha value is -6.46. The summed E-state index contributed by atoms with van der Waals surface area (Å²) in [4.78, 5) is 75.4. The first-order valence-electron chi connectivity index (χ1n) is 25.6. The smallest absolute Gasteiger partial charge is 0.407 e. The highest BCUT2D eigenvalue weighted by Crippen LogP contribution is 2.50. The number of aromatic amines is 2. The number of hydrogen-bond donors (Lipinski definition) is 4. The van der Waals surface area contributed by atoms with Gasteiger partial charge in [0, 0.05) is 57.2 Å². The van der Waals surface area contributed by atoms with Crippen molar-refractivity contribution in [3.05, 3.63) is 82.4 Å². The van der Waals surface area contributed by atoms with Gasteiger partial charge in [-0.1, -0.05) is 13.1 Å². The highest BCUT2D eigenvalue weighted by molar-refractivity contribution is 6.77. The van der Waals surface area contributed by atoms with Crippen molar-refractivity contribution >= 4 is 65.5 Å². The fourth-order valence-corrected chi connectivity index (χ4v) is 13.5. The van der Waals surface area contributed by atoms with Gasteiger partial charge in [0.05, 0.1) is 80.7 Å². The number of carbonyl (C=O) groups excluding carboxylic acids is 4. The molecule has 2 aromatic heterocycles. The van der Waals surface area contributed by atoms with Crippen LogP contribution in [0.3, 0.4) is 0 Å². The van der Waals surface area contributed by atoms with Crippen LogP contribution in [0.5, 0.6) is 0 Å². The van der Waals surface area contributed by atoms with E-state index in [2.05, 4.69) is 33.7 Å². The maximum atomic E-state index is 16.9. The number of benzene rings is 3. The van der Waals surface area contributed by atoms with Gasteiger partial charge >= 0.3 is 12.2 Å². The second-order valence-corrected chi connectivity index (χ2v) is 26.3. The van der Waals surface area contributed by atoms with E-state index in [9.17, 15) is 19.2 Å². The Morgan fingerprint density at radius 2 is 1.04 bits per heavy atom. The summed E-state index contributed by atoms with van der Waals surface area (Å²) in [5.74, 6) is -2.83. The summed E-state index contributed by atoms with van der Waals surface area (Å²) in [6.45, 7) is 9.61. The number of rotatable bonds is 14. The molecule has 0 aliphatic carbocycles. The van der Waals surface area contributed by atoms with Crippen LogP contribution in [0, 0.1) is 23.3 Å². The third-order valence-electron chi connectivity index (χ3n) is 15.9. The lowest BCUT2D eigenvalue weighted by Gasteiger charge is -2.38. The van der Waals surface area contributed by atoms with Crippen LogP contribution in [0.25, 0.3) is 22.1 Å². The first-order valence-corrected chi connectivity index (χ1v) is 29.0. The van der Waals surface area contributed by atoms with Gasteiger partial charge in [-0.25, -0.2) is 37.1 Å². The number of nitrogens with one attached hydrogen (secondary N) is 4. The number of nitrogens with zero attached hydrogens (tertiary/aromatic N) is 6. The van der Waals surface area contributed by atoms with Crippen LogP contribution in [0.1, 0.15) is 99.3 Å². The number of carbonyl (C=O) groups is 4. The van der Waals surface area contributed by atoms with Crippen molar-refractivity contribution in [3.63, 3.8) is 0 Å². The third kappa shape index (κ3) is 10.5. The van der Waals surface area contributed by atoms with Crippen molar-refractivity contribution in [3.8, 4) is 0 Å². The van der Waals surface area contributed by atoms with Crippen molar-refractivity contribution < 1.29 is 55.7 Å². The van der Waals surface area contributed by atoms with Crippen molar-refractivity contribution in [2.24, 2.45) is 0 Å². The van der Waals surface area contributed by atoms with Gasteiger partial charge in [-0.2, -0.15) is 0 Å². The van der Waals surface area contributed by atoms with E-state index in [1.165, 1.54) is 52.7 Å². The van der Waals surface area contributed by atoms with E-state index in [0.29, 0.717) is 85.6 Å². The maximum absolute atomic E-state index is 16.9. The number of halogens is 4. The summed E-state index contributed by atoms with van der Waals surface area (Å²) in [6, 6.07) is 5.12. The van der Waals surface area contributed by atoms with E-state index in [0.717, 1.165) is 12.1 Å². The molecule has 0 spiro atoms. The number of H-pyrrole nitrogens is 2. The molecule has 0 unspecified atom stereocenters. The Bertz CT molecular complexity index is 2790. The Morgan fingerprint density at radius 1 is 0.613 bits per heavy atom. The number of ether oxygens (including phenoxy) is 4. The lowest BCUT2D eigenvalue weighted by atomic mass is 10.0. The van der Waals surface area contributed by atoms with Crippen LogP contribution >= 0.6 is 0 Å². The molecule has 23 heteroatoms. The van der Waals surface area contributed by atoms with Crippen molar-refractivity contribution in [2.75, 3.05) is 64.4 Å². The summed E-state index contributed by atoms with van der Waals surface area (Å²) < 4.78 is 87.5. The number of amides is 4. The standard InChI is InChI=1S/C52H66F4N10O8Si/c1-27(71-3)44(61-51(69)73-5)49(67)64-15-9-11-42(64)47-57-36-23-30(32(53)25-38(36)59-47)40-13-14-41(66(40)29-21-34(55)46(35(56)22-29)63-17-19-75(7,8)20-18-63)31-24-37-39(26-33(31)54)60-48(58-37)43-12-10-16-65(43)50(68)45(28(2)72-4)62-52(70)74-6/h21-28,40-45H,9-20H2,1-8H3,(H,57,59)(H,58,60)(H,61,69)(H,62,70)/t27-,28-,40-,41-,42+,43+,44+,45+/m1/s1. The molecule has 4 saturated heterocycles. The molecule has 0 bridgehead atoms. The van der Waals surface area contributed by atoms with Crippen LogP contribution in [0.4, 0.5) is 38.5 Å². The van der Waals surface area contributed by atoms with Gasteiger partial charge in [0.1, 0.15) is 41.1 Å². The van der Waals surface area contributed by atoms with E-state index >= 15 is 17.6 Å². The summed E-state index contributed by atoms with van der Waals surface area (Å²) >= 11 is 0. The molecule has 6 heterocycles. The van der Waals surface area contributed by atoms with Gasteiger partial charge in [-0.05, 0) is 101 Å². The molecule has 18 nitrogen and oxygen atoms in total. The van der Waals surface area contributed by atoms with Crippen molar-refractivity contribution in [1.29, 1.82) is 0 Å². The molecule has 4 N–H and O–H groups in total.